The fourth-order valence-corrected chi connectivity index (χ4v) is 2.60. The van der Waals surface area contributed by atoms with Crippen LogP contribution in [-0.4, -0.2) is 49.4 Å². The van der Waals surface area contributed by atoms with Gasteiger partial charge in [-0.1, -0.05) is 67.7 Å². The Morgan fingerprint density at radius 1 is 0.788 bits per heavy atom. The number of carbonyl (C=O) groups excluding carboxylic acids is 2. The van der Waals surface area contributed by atoms with Gasteiger partial charge in [-0.05, 0) is 44.9 Å². The Bertz CT molecular complexity index is 693. The third-order valence-corrected chi connectivity index (χ3v) is 4.49. The van der Waals surface area contributed by atoms with E-state index >= 15 is 0 Å². The molecule has 184 valence electrons. The minimum Gasteiger partial charge on any atom is -0.370 e. The highest BCUT2D eigenvalue weighted by Crippen LogP contribution is 1.99. The molecule has 0 spiro atoms. The van der Waals surface area contributed by atoms with E-state index in [0.29, 0.717) is 19.5 Å². The average Bonchev–Trinajstić information content (AvgIpc) is 2.78. The molecule has 0 unspecified atom stereocenters. The first-order valence-electron chi connectivity index (χ1n) is 11.8. The summed E-state index contributed by atoms with van der Waals surface area (Å²) in [6.07, 6.45) is 28.8. The summed E-state index contributed by atoms with van der Waals surface area (Å²) < 4.78 is 0. The number of nitrogens with two attached hydrogens (primary N) is 1. The number of nitrogens with zero attached hydrogens (tertiary/aromatic N) is 1. The van der Waals surface area contributed by atoms with Gasteiger partial charge in [-0.15, -0.1) is 0 Å². The maximum absolute atomic E-state index is 11.8. The van der Waals surface area contributed by atoms with Crippen molar-refractivity contribution in [2.45, 2.75) is 58.3 Å². The molecule has 7 heteroatoms. The molecule has 0 aromatic carbocycles. The lowest BCUT2D eigenvalue weighted by Gasteiger charge is -2.15. The Morgan fingerprint density at radius 2 is 1.24 bits per heavy atom. The van der Waals surface area contributed by atoms with Crippen LogP contribution in [0.15, 0.2) is 60.8 Å². The molecule has 33 heavy (non-hydrogen) atoms. The number of unbranched alkanes of at least 4 members (excludes halogenated alkanes) is 1. The van der Waals surface area contributed by atoms with E-state index in [4.69, 9.17) is 11.1 Å². The van der Waals surface area contributed by atoms with Gasteiger partial charge < -0.3 is 21.3 Å². The number of hydrogen-bond donors (Lipinski definition) is 4. The molecule has 0 fully saturated rings. The molecule has 0 heterocycles. The standard InChI is InChI=1S/C26H43N5O2/c1-3-4-5-6-7-8-9-10-11-12-13-14-15-16-17-18-19-20-24(32)29-21-22-30-25(33)23-31(2)26(27)28/h4-5,7-8,10-11,13-14,16-17H,3,6,9,12,15,18-23H2,1-2H3,(H3,27,28)(H,29,32)(H,30,33). The van der Waals surface area contributed by atoms with E-state index in [9.17, 15) is 9.59 Å². The Labute approximate surface area is 200 Å². The normalized spacial score (nSPS) is 11.9. The minimum atomic E-state index is -0.236. The zero-order valence-corrected chi connectivity index (χ0v) is 20.4. The SMILES string of the molecule is CCC=CCC=CCC=CCC=CCC=CCCCC(=O)NCCNC(=O)CN(C)C(=N)N. The fourth-order valence-electron chi connectivity index (χ4n) is 2.60. The third-order valence-electron chi connectivity index (χ3n) is 4.49. The van der Waals surface area contributed by atoms with Crippen LogP contribution in [0.25, 0.3) is 0 Å². The van der Waals surface area contributed by atoms with E-state index < -0.39 is 0 Å². The number of carbonyl (C=O) groups is 2. The molecule has 0 atom stereocenters. The number of likely N-dealkylation sites (N-methyl/N-ethyl adjacent to an activating group) is 1. The molecule has 0 aromatic rings. The predicted molar refractivity (Wildman–Crippen MR) is 139 cm³/mol. The smallest absolute Gasteiger partial charge is 0.239 e. The topological polar surface area (TPSA) is 111 Å². The number of rotatable bonds is 18. The first-order valence-corrected chi connectivity index (χ1v) is 11.8. The summed E-state index contributed by atoms with van der Waals surface area (Å²) in [7, 11) is 1.57. The molecule has 7 nitrogen and oxygen atoms in total. The van der Waals surface area contributed by atoms with Crippen LogP contribution in [0.5, 0.6) is 0 Å². The summed E-state index contributed by atoms with van der Waals surface area (Å²) in [6.45, 7) is 2.90. The first-order chi connectivity index (χ1) is 16.0. The van der Waals surface area contributed by atoms with E-state index in [1.807, 2.05) is 0 Å². The maximum atomic E-state index is 11.8. The summed E-state index contributed by atoms with van der Waals surface area (Å²) in [4.78, 5) is 24.7. The van der Waals surface area contributed by atoms with Gasteiger partial charge in [-0.2, -0.15) is 0 Å². The van der Waals surface area contributed by atoms with Crippen LogP contribution in [-0.2, 0) is 9.59 Å². The van der Waals surface area contributed by atoms with Crippen molar-refractivity contribution in [2.24, 2.45) is 5.73 Å². The molecule has 0 saturated carbocycles. The zero-order valence-electron chi connectivity index (χ0n) is 20.4. The average molecular weight is 458 g/mol. The second-order valence-corrected chi connectivity index (χ2v) is 7.54. The van der Waals surface area contributed by atoms with Gasteiger partial charge in [0.05, 0.1) is 6.54 Å². The number of nitrogens with one attached hydrogen (secondary N) is 3. The van der Waals surface area contributed by atoms with Crippen molar-refractivity contribution >= 4 is 17.8 Å². The van der Waals surface area contributed by atoms with Gasteiger partial charge in [0.1, 0.15) is 0 Å². The molecular formula is C26H43N5O2. The van der Waals surface area contributed by atoms with Crippen LogP contribution in [0.2, 0.25) is 0 Å². The number of guanidine groups is 1. The summed E-state index contributed by atoms with van der Waals surface area (Å²) in [6, 6.07) is 0. The van der Waals surface area contributed by atoms with Crippen LogP contribution >= 0.6 is 0 Å². The highest BCUT2D eigenvalue weighted by molar-refractivity contribution is 5.84. The fraction of sp³-hybridized carbons (Fsp3) is 0.500. The van der Waals surface area contributed by atoms with E-state index in [2.05, 4.69) is 78.3 Å². The Kier molecular flexibility index (Phi) is 20.0. The summed E-state index contributed by atoms with van der Waals surface area (Å²) in [5, 5.41) is 12.7. The number of allylic oxidation sites excluding steroid dienone is 10. The third kappa shape index (κ3) is 21.9. The van der Waals surface area contributed by atoms with E-state index in [0.717, 1.165) is 44.9 Å². The molecule has 0 radical (unpaired) electrons. The highest BCUT2D eigenvalue weighted by Gasteiger charge is 2.06. The van der Waals surface area contributed by atoms with Gasteiger partial charge in [0.2, 0.25) is 11.8 Å². The molecular weight excluding hydrogens is 414 g/mol. The largest absolute Gasteiger partial charge is 0.370 e. The van der Waals surface area contributed by atoms with Crippen LogP contribution in [0.3, 0.4) is 0 Å². The van der Waals surface area contributed by atoms with Crippen LogP contribution < -0.4 is 16.4 Å². The van der Waals surface area contributed by atoms with Crippen molar-refractivity contribution in [3.05, 3.63) is 60.8 Å². The lowest BCUT2D eigenvalue weighted by atomic mass is 10.2. The van der Waals surface area contributed by atoms with Gasteiger partial charge in [-0.25, -0.2) is 0 Å². The monoisotopic (exact) mass is 457 g/mol. The second-order valence-electron chi connectivity index (χ2n) is 7.54. The highest BCUT2D eigenvalue weighted by atomic mass is 16.2. The maximum Gasteiger partial charge on any atom is 0.239 e. The van der Waals surface area contributed by atoms with Crippen molar-refractivity contribution < 1.29 is 9.59 Å². The van der Waals surface area contributed by atoms with Gasteiger partial charge in [0.15, 0.2) is 5.96 Å². The molecule has 0 aliphatic heterocycles. The number of amides is 2. The minimum absolute atomic E-state index is 0.0162. The van der Waals surface area contributed by atoms with Gasteiger partial charge in [0, 0.05) is 26.6 Å². The molecule has 0 rings (SSSR count). The molecule has 2 amide bonds. The van der Waals surface area contributed by atoms with Crippen molar-refractivity contribution in [3.8, 4) is 0 Å². The second kappa shape index (κ2) is 22.1. The summed E-state index contributed by atoms with van der Waals surface area (Å²) >= 11 is 0. The van der Waals surface area contributed by atoms with E-state index in [1.54, 1.807) is 7.05 Å². The van der Waals surface area contributed by atoms with Crippen LogP contribution in [0.4, 0.5) is 0 Å². The van der Waals surface area contributed by atoms with Crippen LogP contribution in [0.1, 0.15) is 58.3 Å². The number of hydrogen-bond acceptors (Lipinski definition) is 3. The Hall–Kier alpha value is -3.09. The van der Waals surface area contributed by atoms with Crippen molar-refractivity contribution in [1.82, 2.24) is 15.5 Å². The molecule has 5 N–H and O–H groups in total. The Balaban J connectivity index is 3.61. The molecule has 0 aliphatic carbocycles. The molecule has 0 aromatic heterocycles. The van der Waals surface area contributed by atoms with Crippen molar-refractivity contribution in [2.75, 3.05) is 26.7 Å². The van der Waals surface area contributed by atoms with Gasteiger partial charge in [0.25, 0.3) is 0 Å². The summed E-state index contributed by atoms with van der Waals surface area (Å²) in [5.41, 5.74) is 5.27. The lowest BCUT2D eigenvalue weighted by Crippen LogP contribution is -2.43. The van der Waals surface area contributed by atoms with Crippen LogP contribution in [0, 0.1) is 5.41 Å². The van der Waals surface area contributed by atoms with E-state index in [-0.39, 0.29) is 24.3 Å². The predicted octanol–water partition coefficient (Wildman–Crippen LogP) is 3.97. The molecule has 0 saturated heterocycles. The quantitative estimate of drug-likeness (QED) is 0.108. The van der Waals surface area contributed by atoms with E-state index in [1.165, 1.54) is 4.90 Å². The Morgan fingerprint density at radius 3 is 1.73 bits per heavy atom. The zero-order chi connectivity index (χ0) is 24.6. The van der Waals surface area contributed by atoms with Gasteiger partial charge in [-0.3, -0.25) is 15.0 Å². The van der Waals surface area contributed by atoms with Gasteiger partial charge >= 0.3 is 0 Å². The molecule has 0 bridgehead atoms. The molecule has 0 aliphatic rings. The van der Waals surface area contributed by atoms with Crippen molar-refractivity contribution in [3.63, 3.8) is 0 Å². The first kappa shape index (κ1) is 29.9. The van der Waals surface area contributed by atoms with Crippen molar-refractivity contribution in [1.29, 1.82) is 5.41 Å². The summed E-state index contributed by atoms with van der Waals surface area (Å²) in [5.74, 6) is -0.413. The lowest BCUT2D eigenvalue weighted by molar-refractivity contribution is -0.123.